The molecule has 1 aliphatic heterocycles. The van der Waals surface area contributed by atoms with Gasteiger partial charge in [0.05, 0.1) is 4.92 Å². The van der Waals surface area contributed by atoms with E-state index in [0.717, 1.165) is 22.6 Å². The van der Waals surface area contributed by atoms with Gasteiger partial charge in [-0.1, -0.05) is 42.5 Å². The Morgan fingerprint density at radius 3 is 2.40 bits per heavy atom. The maximum Gasteiger partial charge on any atom is 0.269 e. The number of non-ortho nitro benzene ring substituents is 1. The van der Waals surface area contributed by atoms with Gasteiger partial charge in [0.15, 0.2) is 0 Å². The van der Waals surface area contributed by atoms with Crippen molar-refractivity contribution in [1.29, 1.82) is 0 Å². The van der Waals surface area contributed by atoms with Crippen LogP contribution in [0.3, 0.4) is 0 Å². The van der Waals surface area contributed by atoms with Crippen LogP contribution in [-0.2, 0) is 6.61 Å². The first kappa shape index (κ1) is 20.0. The zero-order valence-corrected chi connectivity index (χ0v) is 17.0. The van der Waals surface area contributed by atoms with Gasteiger partial charge in [-0.05, 0) is 35.4 Å². The Balaban J connectivity index is 1.43. The molecule has 30 heavy (non-hydrogen) atoms. The lowest BCUT2D eigenvalue weighted by Crippen LogP contribution is -2.30. The van der Waals surface area contributed by atoms with Gasteiger partial charge in [0.25, 0.3) is 11.6 Å². The molecule has 6 nitrogen and oxygen atoms in total. The summed E-state index contributed by atoms with van der Waals surface area (Å²) in [6, 6.07) is 23.6. The molecule has 1 heterocycles. The second kappa shape index (κ2) is 9.00. The third-order valence-corrected chi connectivity index (χ3v) is 6.15. The van der Waals surface area contributed by atoms with E-state index in [1.807, 2.05) is 59.5 Å². The van der Waals surface area contributed by atoms with E-state index >= 15 is 0 Å². The number of rotatable bonds is 6. The van der Waals surface area contributed by atoms with Gasteiger partial charge >= 0.3 is 0 Å². The number of benzene rings is 3. The Hall–Kier alpha value is -3.32. The highest BCUT2D eigenvalue weighted by Gasteiger charge is 2.31. The number of nitro benzene ring substituents is 1. The molecule has 1 atom stereocenters. The van der Waals surface area contributed by atoms with Crippen LogP contribution in [0.2, 0.25) is 0 Å². The molecular formula is C23H20N2O4S. The van der Waals surface area contributed by atoms with Gasteiger partial charge in [-0.25, -0.2) is 0 Å². The third-order valence-electron chi connectivity index (χ3n) is 4.89. The smallest absolute Gasteiger partial charge is 0.269 e. The summed E-state index contributed by atoms with van der Waals surface area (Å²) in [5, 5.41) is 10.7. The fraction of sp³-hybridized carbons (Fsp3) is 0.174. The number of hydrogen-bond donors (Lipinski definition) is 0. The van der Waals surface area contributed by atoms with Crippen molar-refractivity contribution in [2.24, 2.45) is 0 Å². The van der Waals surface area contributed by atoms with Crippen LogP contribution in [0, 0.1) is 10.1 Å². The maximum atomic E-state index is 13.0. The minimum absolute atomic E-state index is 0.0232. The van der Waals surface area contributed by atoms with Crippen LogP contribution in [0.15, 0.2) is 78.9 Å². The van der Waals surface area contributed by atoms with Crippen LogP contribution in [0.5, 0.6) is 5.75 Å². The summed E-state index contributed by atoms with van der Waals surface area (Å²) in [6.45, 7) is 1.14. The van der Waals surface area contributed by atoms with E-state index in [-0.39, 0.29) is 17.0 Å². The van der Waals surface area contributed by atoms with E-state index in [1.54, 1.807) is 11.8 Å². The van der Waals surface area contributed by atoms with Gasteiger partial charge < -0.3 is 9.64 Å². The molecule has 0 spiro atoms. The van der Waals surface area contributed by atoms with E-state index in [2.05, 4.69) is 0 Å². The van der Waals surface area contributed by atoms with Gasteiger partial charge in [-0.15, -0.1) is 11.8 Å². The van der Waals surface area contributed by atoms with Crippen molar-refractivity contribution in [3.05, 3.63) is 106 Å². The van der Waals surface area contributed by atoms with Gasteiger partial charge in [-0.2, -0.15) is 0 Å². The summed E-state index contributed by atoms with van der Waals surface area (Å²) in [4.78, 5) is 25.1. The van der Waals surface area contributed by atoms with Crippen LogP contribution in [0.1, 0.15) is 26.9 Å². The molecule has 0 aromatic heterocycles. The highest BCUT2D eigenvalue weighted by molar-refractivity contribution is 7.99. The lowest BCUT2D eigenvalue weighted by atomic mass is 10.1. The number of amides is 1. The van der Waals surface area contributed by atoms with Crippen molar-refractivity contribution in [1.82, 2.24) is 4.90 Å². The van der Waals surface area contributed by atoms with Crippen molar-refractivity contribution >= 4 is 23.4 Å². The number of thioether (sulfide) groups is 1. The van der Waals surface area contributed by atoms with E-state index in [1.165, 1.54) is 24.3 Å². The van der Waals surface area contributed by atoms with Gasteiger partial charge in [0.2, 0.25) is 0 Å². The van der Waals surface area contributed by atoms with Crippen LogP contribution in [0.4, 0.5) is 5.69 Å². The van der Waals surface area contributed by atoms with E-state index < -0.39 is 4.92 Å². The molecule has 4 rings (SSSR count). The fourth-order valence-corrected chi connectivity index (χ4v) is 4.57. The molecule has 0 radical (unpaired) electrons. The molecule has 1 fully saturated rings. The minimum Gasteiger partial charge on any atom is -0.489 e. The van der Waals surface area contributed by atoms with Gasteiger partial charge in [0, 0.05) is 30.0 Å². The van der Waals surface area contributed by atoms with Crippen molar-refractivity contribution in [3.8, 4) is 5.75 Å². The largest absolute Gasteiger partial charge is 0.489 e. The minimum atomic E-state index is -0.468. The molecule has 0 aliphatic carbocycles. The highest BCUT2D eigenvalue weighted by Crippen LogP contribution is 2.39. The molecule has 1 aliphatic rings. The van der Waals surface area contributed by atoms with Crippen molar-refractivity contribution < 1.29 is 14.5 Å². The number of nitro groups is 1. The molecule has 0 saturated carbocycles. The Morgan fingerprint density at radius 2 is 1.73 bits per heavy atom. The third kappa shape index (κ3) is 4.46. The summed E-state index contributed by atoms with van der Waals surface area (Å²) in [5.41, 5.74) is 2.56. The van der Waals surface area contributed by atoms with Crippen molar-refractivity contribution in [3.63, 3.8) is 0 Å². The molecule has 0 bridgehead atoms. The predicted molar refractivity (Wildman–Crippen MR) is 117 cm³/mol. The zero-order chi connectivity index (χ0) is 20.9. The van der Waals surface area contributed by atoms with E-state index in [0.29, 0.717) is 18.7 Å². The Kier molecular flexibility index (Phi) is 5.99. The first-order valence-corrected chi connectivity index (χ1v) is 10.6. The summed E-state index contributed by atoms with van der Waals surface area (Å²) in [7, 11) is 0. The second-order valence-corrected chi connectivity index (χ2v) is 8.06. The number of hydrogen-bond acceptors (Lipinski definition) is 5. The molecule has 152 valence electrons. The number of carbonyl (C=O) groups is 1. The number of ether oxygens (including phenoxy) is 1. The molecule has 3 aromatic carbocycles. The highest BCUT2D eigenvalue weighted by atomic mass is 32.2. The SMILES string of the molecule is O=C(c1ccc([N+](=O)[O-])cc1)N1CCSC1c1ccc(OCc2ccccc2)cc1. The van der Waals surface area contributed by atoms with Crippen LogP contribution in [0.25, 0.3) is 0 Å². The average Bonchev–Trinajstić information content (AvgIpc) is 3.28. The van der Waals surface area contributed by atoms with E-state index in [4.69, 9.17) is 4.74 Å². The Morgan fingerprint density at radius 1 is 1.03 bits per heavy atom. The number of nitrogens with zero attached hydrogens (tertiary/aromatic N) is 2. The molecule has 0 N–H and O–H groups in total. The maximum absolute atomic E-state index is 13.0. The Labute approximate surface area is 178 Å². The van der Waals surface area contributed by atoms with Gasteiger partial charge in [0.1, 0.15) is 17.7 Å². The normalized spacial score (nSPS) is 15.7. The summed E-state index contributed by atoms with van der Waals surface area (Å²) in [6.07, 6.45) is 0. The molecule has 1 saturated heterocycles. The van der Waals surface area contributed by atoms with E-state index in [9.17, 15) is 14.9 Å². The fourth-order valence-electron chi connectivity index (χ4n) is 3.32. The summed E-state index contributed by atoms with van der Waals surface area (Å²) >= 11 is 1.71. The zero-order valence-electron chi connectivity index (χ0n) is 16.1. The Bertz CT molecular complexity index is 1020. The lowest BCUT2D eigenvalue weighted by molar-refractivity contribution is -0.384. The first-order chi connectivity index (χ1) is 14.6. The summed E-state index contributed by atoms with van der Waals surface area (Å²) < 4.78 is 5.84. The van der Waals surface area contributed by atoms with Crippen LogP contribution >= 0.6 is 11.8 Å². The predicted octanol–water partition coefficient (Wildman–Crippen LogP) is 5.06. The van der Waals surface area contributed by atoms with Crippen molar-refractivity contribution in [2.75, 3.05) is 12.3 Å². The second-order valence-electron chi connectivity index (χ2n) is 6.87. The first-order valence-electron chi connectivity index (χ1n) is 9.55. The van der Waals surface area contributed by atoms with Gasteiger partial charge in [-0.3, -0.25) is 14.9 Å². The molecule has 3 aromatic rings. The number of carbonyl (C=O) groups excluding carboxylic acids is 1. The van der Waals surface area contributed by atoms with Crippen molar-refractivity contribution in [2.45, 2.75) is 12.0 Å². The van der Waals surface area contributed by atoms with Crippen LogP contribution < -0.4 is 4.74 Å². The van der Waals surface area contributed by atoms with Crippen LogP contribution in [-0.4, -0.2) is 28.0 Å². The summed E-state index contributed by atoms with van der Waals surface area (Å²) in [5.74, 6) is 1.50. The standard InChI is InChI=1S/C23H20N2O4S/c26-22(18-6-10-20(11-7-18)25(27)28)24-14-15-30-23(24)19-8-12-21(13-9-19)29-16-17-4-2-1-3-5-17/h1-13,23H,14-16H2. The average molecular weight is 420 g/mol. The topological polar surface area (TPSA) is 72.7 Å². The quantitative estimate of drug-likeness (QED) is 0.412. The monoisotopic (exact) mass is 420 g/mol. The molecular weight excluding hydrogens is 400 g/mol. The molecule has 1 unspecified atom stereocenters. The molecule has 1 amide bonds. The lowest BCUT2D eigenvalue weighted by Gasteiger charge is -2.24. The molecule has 7 heteroatoms.